The zero-order chi connectivity index (χ0) is 12.1. The van der Waals surface area contributed by atoms with E-state index in [1.807, 2.05) is 0 Å². The number of hydrogen-bond donors (Lipinski definition) is 1. The van der Waals surface area contributed by atoms with Crippen LogP contribution in [0, 0.1) is 0 Å². The Morgan fingerprint density at radius 3 is 2.75 bits per heavy atom. The maximum atomic E-state index is 11.2. The van der Waals surface area contributed by atoms with Crippen LogP contribution in [0.4, 0.5) is 5.82 Å². The molecule has 1 amide bonds. The van der Waals surface area contributed by atoms with E-state index in [2.05, 4.69) is 14.7 Å². The Hall–Kier alpha value is -2.18. The fourth-order valence-electron chi connectivity index (χ4n) is 1.06. The minimum absolute atomic E-state index is 0.000689. The lowest BCUT2D eigenvalue weighted by Crippen LogP contribution is -2.31. The summed E-state index contributed by atoms with van der Waals surface area (Å²) in [5, 5.41) is 0. The van der Waals surface area contributed by atoms with Crippen molar-refractivity contribution in [1.29, 1.82) is 0 Å². The van der Waals surface area contributed by atoms with Crippen molar-refractivity contribution >= 4 is 17.7 Å². The average molecular weight is 224 g/mol. The molecule has 0 saturated carbocycles. The normalized spacial score (nSPS) is 9.62. The minimum atomic E-state index is -0.582. The molecule has 1 rings (SSSR count). The zero-order valence-electron chi connectivity index (χ0n) is 9.01. The number of hydrogen-bond acceptors (Lipinski definition) is 6. The van der Waals surface area contributed by atoms with Gasteiger partial charge in [-0.25, -0.2) is 9.78 Å². The highest BCUT2D eigenvalue weighted by Crippen LogP contribution is 2.07. The first-order valence-corrected chi connectivity index (χ1v) is 4.44. The summed E-state index contributed by atoms with van der Waals surface area (Å²) in [4.78, 5) is 31.2. The van der Waals surface area contributed by atoms with Crippen molar-refractivity contribution in [3.05, 3.63) is 18.1 Å². The predicted molar refractivity (Wildman–Crippen MR) is 55.8 cm³/mol. The summed E-state index contributed by atoms with van der Waals surface area (Å²) >= 11 is 0. The highest BCUT2D eigenvalue weighted by molar-refractivity contribution is 5.87. The topological polar surface area (TPSA) is 98.4 Å². The van der Waals surface area contributed by atoms with E-state index in [1.54, 1.807) is 7.05 Å². The standard InChI is InChI=1S/C9H12N4O3/c1-13(5-7(10)14)8-4-11-3-6(12-8)9(15)16-2/h3-4H,5H2,1-2H3,(H2,10,14). The number of likely N-dealkylation sites (N-methyl/N-ethyl adjacent to an activating group) is 1. The van der Waals surface area contributed by atoms with Crippen molar-refractivity contribution in [3.8, 4) is 0 Å². The number of primary amides is 1. The molecule has 1 aromatic rings. The largest absolute Gasteiger partial charge is 0.464 e. The van der Waals surface area contributed by atoms with E-state index >= 15 is 0 Å². The van der Waals surface area contributed by atoms with Gasteiger partial charge in [0, 0.05) is 7.05 Å². The molecule has 0 saturated heterocycles. The van der Waals surface area contributed by atoms with Crippen LogP contribution >= 0.6 is 0 Å². The maximum Gasteiger partial charge on any atom is 0.358 e. The Morgan fingerprint density at radius 1 is 1.50 bits per heavy atom. The van der Waals surface area contributed by atoms with Crippen LogP contribution in [0.25, 0.3) is 0 Å². The van der Waals surface area contributed by atoms with Gasteiger partial charge in [-0.3, -0.25) is 9.78 Å². The summed E-state index contributed by atoms with van der Waals surface area (Å²) in [6.07, 6.45) is 2.71. The summed E-state index contributed by atoms with van der Waals surface area (Å²) < 4.78 is 4.50. The van der Waals surface area contributed by atoms with Crippen LogP contribution in [0.1, 0.15) is 10.5 Å². The molecule has 1 aromatic heterocycles. The molecule has 0 aliphatic rings. The van der Waals surface area contributed by atoms with Crippen molar-refractivity contribution in [2.75, 3.05) is 25.6 Å². The van der Waals surface area contributed by atoms with Crippen molar-refractivity contribution in [2.45, 2.75) is 0 Å². The lowest BCUT2D eigenvalue weighted by atomic mass is 10.4. The molecule has 0 bridgehead atoms. The first-order chi connectivity index (χ1) is 7.54. The number of amides is 1. The van der Waals surface area contributed by atoms with Crippen molar-refractivity contribution in [1.82, 2.24) is 9.97 Å². The van der Waals surface area contributed by atoms with Gasteiger partial charge in [-0.2, -0.15) is 0 Å². The lowest BCUT2D eigenvalue weighted by molar-refractivity contribution is -0.116. The van der Waals surface area contributed by atoms with E-state index in [-0.39, 0.29) is 12.2 Å². The molecule has 0 atom stereocenters. The van der Waals surface area contributed by atoms with Gasteiger partial charge in [0.15, 0.2) is 5.69 Å². The highest BCUT2D eigenvalue weighted by atomic mass is 16.5. The Bertz CT molecular complexity index is 407. The van der Waals surface area contributed by atoms with Gasteiger partial charge in [0.05, 0.1) is 26.0 Å². The molecule has 2 N–H and O–H groups in total. The van der Waals surface area contributed by atoms with E-state index in [0.29, 0.717) is 5.82 Å². The number of esters is 1. The summed E-state index contributed by atoms with van der Waals surface area (Å²) in [7, 11) is 2.87. The van der Waals surface area contributed by atoms with Crippen LogP contribution in [0.2, 0.25) is 0 Å². The monoisotopic (exact) mass is 224 g/mol. The van der Waals surface area contributed by atoms with Crippen LogP contribution in [-0.4, -0.2) is 42.5 Å². The van der Waals surface area contributed by atoms with E-state index in [4.69, 9.17) is 5.73 Å². The smallest absolute Gasteiger partial charge is 0.358 e. The van der Waals surface area contributed by atoms with Gasteiger partial charge >= 0.3 is 5.97 Å². The molecule has 0 radical (unpaired) electrons. The Morgan fingerprint density at radius 2 is 2.19 bits per heavy atom. The SMILES string of the molecule is COC(=O)c1cncc(N(C)CC(N)=O)n1. The van der Waals surface area contributed by atoms with Crippen LogP contribution in [0.5, 0.6) is 0 Å². The highest BCUT2D eigenvalue weighted by Gasteiger charge is 2.11. The Balaban J connectivity index is 2.89. The van der Waals surface area contributed by atoms with Gasteiger partial charge in [-0.15, -0.1) is 0 Å². The molecular formula is C9H12N4O3. The average Bonchev–Trinajstić information content (AvgIpc) is 2.27. The van der Waals surface area contributed by atoms with E-state index in [9.17, 15) is 9.59 Å². The minimum Gasteiger partial charge on any atom is -0.464 e. The Labute approximate surface area is 92.2 Å². The van der Waals surface area contributed by atoms with Gasteiger partial charge in [0.25, 0.3) is 0 Å². The number of anilines is 1. The fraction of sp³-hybridized carbons (Fsp3) is 0.333. The number of nitrogens with two attached hydrogens (primary N) is 1. The number of carbonyl (C=O) groups is 2. The third kappa shape index (κ3) is 2.91. The molecule has 0 aliphatic carbocycles. The number of rotatable bonds is 4. The third-order valence-corrected chi connectivity index (χ3v) is 1.80. The van der Waals surface area contributed by atoms with Crippen LogP contribution < -0.4 is 10.6 Å². The molecule has 16 heavy (non-hydrogen) atoms. The first kappa shape index (κ1) is 11.9. The van der Waals surface area contributed by atoms with Crippen molar-refractivity contribution in [2.24, 2.45) is 5.73 Å². The number of aromatic nitrogens is 2. The van der Waals surface area contributed by atoms with E-state index in [0.717, 1.165) is 0 Å². The molecule has 86 valence electrons. The number of nitrogens with zero attached hydrogens (tertiary/aromatic N) is 3. The summed E-state index contributed by atoms with van der Waals surface area (Å²) in [6.45, 7) is -0.000689. The molecule has 0 aliphatic heterocycles. The van der Waals surface area contributed by atoms with Gasteiger partial charge in [-0.1, -0.05) is 0 Å². The van der Waals surface area contributed by atoms with Gasteiger partial charge in [0.2, 0.25) is 5.91 Å². The molecule has 0 aromatic carbocycles. The van der Waals surface area contributed by atoms with Gasteiger partial charge in [-0.05, 0) is 0 Å². The number of methoxy groups -OCH3 is 1. The molecule has 1 heterocycles. The predicted octanol–water partition coefficient (Wildman–Crippen LogP) is -0.815. The number of ether oxygens (including phenoxy) is 1. The van der Waals surface area contributed by atoms with Gasteiger partial charge < -0.3 is 15.4 Å². The van der Waals surface area contributed by atoms with Crippen LogP contribution in [-0.2, 0) is 9.53 Å². The summed E-state index contributed by atoms with van der Waals surface area (Å²) in [5.74, 6) is -0.698. The van der Waals surface area contributed by atoms with Crippen molar-refractivity contribution in [3.63, 3.8) is 0 Å². The van der Waals surface area contributed by atoms with Crippen molar-refractivity contribution < 1.29 is 14.3 Å². The van der Waals surface area contributed by atoms with E-state index < -0.39 is 11.9 Å². The molecule has 0 fully saturated rings. The summed E-state index contributed by atoms with van der Waals surface area (Å²) in [5.41, 5.74) is 5.11. The molecule has 0 unspecified atom stereocenters. The summed E-state index contributed by atoms with van der Waals surface area (Å²) in [6, 6.07) is 0. The third-order valence-electron chi connectivity index (χ3n) is 1.80. The molecular weight excluding hydrogens is 212 g/mol. The van der Waals surface area contributed by atoms with Crippen LogP contribution in [0.3, 0.4) is 0 Å². The lowest BCUT2D eigenvalue weighted by Gasteiger charge is -2.15. The fourth-order valence-corrected chi connectivity index (χ4v) is 1.06. The molecule has 7 nitrogen and oxygen atoms in total. The number of carbonyl (C=O) groups excluding carboxylic acids is 2. The quantitative estimate of drug-likeness (QED) is 0.671. The second-order valence-corrected chi connectivity index (χ2v) is 3.08. The molecule has 7 heteroatoms. The second-order valence-electron chi connectivity index (χ2n) is 3.08. The van der Waals surface area contributed by atoms with E-state index in [1.165, 1.54) is 24.4 Å². The molecule has 0 spiro atoms. The zero-order valence-corrected chi connectivity index (χ0v) is 9.01. The maximum absolute atomic E-state index is 11.2. The first-order valence-electron chi connectivity index (χ1n) is 4.44. The second kappa shape index (κ2) is 5.06. The van der Waals surface area contributed by atoms with Gasteiger partial charge in [0.1, 0.15) is 5.82 Å². The Kier molecular flexibility index (Phi) is 3.76. The van der Waals surface area contributed by atoms with Crippen LogP contribution in [0.15, 0.2) is 12.4 Å².